The van der Waals surface area contributed by atoms with Gasteiger partial charge in [0.25, 0.3) is 0 Å². The Kier molecular flexibility index (Phi) is 3.70. The lowest BCUT2D eigenvalue weighted by Crippen LogP contribution is -2.15. The van der Waals surface area contributed by atoms with Crippen LogP contribution in [0.25, 0.3) is 0 Å². The standard InChI is InChI=1S/C7H6N4O.CH2N2/c12-7(10-3-1-8-5-10)11-4-2-9-6-11;2-1-3/h1-6H;2-3H. The highest BCUT2D eigenvalue weighted by molar-refractivity contribution is 5.78. The molecule has 2 rings (SSSR count). The average Bonchev–Trinajstić information content (AvgIpc) is 2.92. The average molecular weight is 204 g/mol. The molecule has 0 atom stereocenters. The molecular weight excluding hydrogens is 196 g/mol. The molecule has 2 aromatic heterocycles. The number of rotatable bonds is 0. The largest absolute Gasteiger partial charge is 0.338 e. The molecule has 0 bridgehead atoms. The summed E-state index contributed by atoms with van der Waals surface area (Å²) in [5, 5.41) is 11.2. The minimum absolute atomic E-state index is 0.190. The van der Waals surface area contributed by atoms with E-state index in [9.17, 15) is 4.79 Å². The molecule has 0 amide bonds. The van der Waals surface area contributed by atoms with Crippen molar-refractivity contribution in [2.45, 2.75) is 0 Å². The van der Waals surface area contributed by atoms with E-state index >= 15 is 0 Å². The summed E-state index contributed by atoms with van der Waals surface area (Å²) in [7, 11) is 0. The van der Waals surface area contributed by atoms with Crippen molar-refractivity contribution in [3.63, 3.8) is 0 Å². The molecule has 0 aliphatic heterocycles. The molecule has 0 fully saturated rings. The zero-order valence-electron chi connectivity index (χ0n) is 7.66. The van der Waals surface area contributed by atoms with Crippen LogP contribution in [0.1, 0.15) is 0 Å². The van der Waals surface area contributed by atoms with Crippen LogP contribution >= 0.6 is 0 Å². The number of carbonyl (C=O) groups is 1. The van der Waals surface area contributed by atoms with Gasteiger partial charge in [-0.25, -0.2) is 25.6 Å². The van der Waals surface area contributed by atoms with Crippen LogP contribution in [0, 0.1) is 10.8 Å². The highest BCUT2D eigenvalue weighted by Crippen LogP contribution is 1.91. The zero-order chi connectivity index (χ0) is 11.1. The molecule has 15 heavy (non-hydrogen) atoms. The maximum atomic E-state index is 11.4. The smallest absolute Gasteiger partial charge is 0.257 e. The number of aromatic nitrogens is 4. The Labute approximate surface area is 85.0 Å². The van der Waals surface area contributed by atoms with E-state index in [1.807, 2.05) is 0 Å². The molecule has 0 saturated heterocycles. The molecule has 0 saturated carbocycles. The van der Waals surface area contributed by atoms with E-state index in [4.69, 9.17) is 10.8 Å². The fourth-order valence-corrected chi connectivity index (χ4v) is 0.878. The van der Waals surface area contributed by atoms with Crippen molar-refractivity contribution in [1.82, 2.24) is 19.1 Å². The van der Waals surface area contributed by atoms with Gasteiger partial charge in [-0.15, -0.1) is 0 Å². The van der Waals surface area contributed by atoms with Gasteiger partial charge in [0.1, 0.15) is 12.7 Å². The van der Waals surface area contributed by atoms with Crippen molar-refractivity contribution < 1.29 is 4.79 Å². The van der Waals surface area contributed by atoms with Crippen molar-refractivity contribution >= 4 is 12.0 Å². The van der Waals surface area contributed by atoms with Crippen molar-refractivity contribution in [2.75, 3.05) is 0 Å². The van der Waals surface area contributed by atoms with Crippen LogP contribution < -0.4 is 0 Å². The van der Waals surface area contributed by atoms with Crippen LogP contribution in [-0.2, 0) is 0 Å². The maximum Gasteiger partial charge on any atom is 0.338 e. The third kappa shape index (κ3) is 2.71. The summed E-state index contributed by atoms with van der Waals surface area (Å²) in [6.07, 6.45) is 9.17. The van der Waals surface area contributed by atoms with Gasteiger partial charge in [0, 0.05) is 24.8 Å². The normalized spacial score (nSPS) is 8.53. The molecule has 0 radical (unpaired) electrons. The fourth-order valence-electron chi connectivity index (χ4n) is 0.878. The first kappa shape index (κ1) is 10.6. The van der Waals surface area contributed by atoms with Gasteiger partial charge in [-0.05, 0) is 0 Å². The first-order valence-corrected chi connectivity index (χ1v) is 3.88. The Morgan fingerprint density at radius 1 is 1.07 bits per heavy atom. The molecule has 0 aromatic carbocycles. The lowest BCUT2D eigenvalue weighted by molar-refractivity contribution is 0.244. The van der Waals surface area contributed by atoms with E-state index in [2.05, 4.69) is 9.97 Å². The second kappa shape index (κ2) is 5.25. The molecule has 2 aromatic rings. The van der Waals surface area contributed by atoms with Gasteiger partial charge in [0.2, 0.25) is 0 Å². The van der Waals surface area contributed by atoms with Crippen LogP contribution in [0.4, 0.5) is 4.79 Å². The van der Waals surface area contributed by atoms with E-state index in [0.717, 1.165) is 0 Å². The highest BCUT2D eigenvalue weighted by Gasteiger charge is 2.03. The topological polar surface area (TPSA) is 100 Å². The summed E-state index contributed by atoms with van der Waals surface area (Å²) >= 11 is 0. The first-order chi connectivity index (χ1) is 7.29. The van der Waals surface area contributed by atoms with E-state index in [1.54, 1.807) is 24.8 Å². The number of nitrogens with zero attached hydrogens (tertiary/aromatic N) is 4. The van der Waals surface area contributed by atoms with Gasteiger partial charge in [0.05, 0.1) is 6.01 Å². The summed E-state index contributed by atoms with van der Waals surface area (Å²) in [5.74, 6) is 0. The lowest BCUT2D eigenvalue weighted by Gasteiger charge is -1.98. The van der Waals surface area contributed by atoms with Gasteiger partial charge >= 0.3 is 6.03 Å². The molecule has 7 heteroatoms. The summed E-state index contributed by atoms with van der Waals surface area (Å²) in [6, 6.07) is 1.06. The number of nitrogens with one attached hydrogen (secondary N) is 2. The summed E-state index contributed by atoms with van der Waals surface area (Å²) in [4.78, 5) is 18.9. The molecule has 2 heterocycles. The number of hydrogen-bond donors (Lipinski definition) is 2. The molecule has 2 N–H and O–H groups in total. The third-order valence-electron chi connectivity index (χ3n) is 1.45. The lowest BCUT2D eigenvalue weighted by atomic mass is 10.8. The fraction of sp³-hybridized carbons (Fsp3) is 0. The van der Waals surface area contributed by atoms with Crippen molar-refractivity contribution in [2.24, 2.45) is 0 Å². The van der Waals surface area contributed by atoms with E-state index in [-0.39, 0.29) is 6.03 Å². The highest BCUT2D eigenvalue weighted by atomic mass is 16.2. The monoisotopic (exact) mass is 204 g/mol. The first-order valence-electron chi connectivity index (χ1n) is 3.88. The molecule has 7 nitrogen and oxygen atoms in total. The molecule has 76 valence electrons. The minimum Gasteiger partial charge on any atom is -0.257 e. The Morgan fingerprint density at radius 3 is 1.73 bits per heavy atom. The summed E-state index contributed by atoms with van der Waals surface area (Å²) < 4.78 is 2.75. The van der Waals surface area contributed by atoms with E-state index < -0.39 is 0 Å². The third-order valence-corrected chi connectivity index (χ3v) is 1.45. The second-order valence-corrected chi connectivity index (χ2v) is 2.35. The number of carbonyl (C=O) groups excluding carboxylic acids is 1. The number of hydrogen-bond acceptors (Lipinski definition) is 5. The molecule has 0 aliphatic carbocycles. The molecule has 0 unspecified atom stereocenters. The minimum atomic E-state index is -0.190. The Bertz CT molecular complexity index is 401. The predicted octanol–water partition coefficient (Wildman–Crippen LogP) is 0.914. The molecule has 0 aliphatic rings. The number of imidazole rings is 2. The predicted molar refractivity (Wildman–Crippen MR) is 51.1 cm³/mol. The van der Waals surface area contributed by atoms with Gasteiger partial charge in [-0.1, -0.05) is 0 Å². The quantitative estimate of drug-likeness (QED) is 0.623. The zero-order valence-corrected chi connectivity index (χ0v) is 7.66. The van der Waals surface area contributed by atoms with Gasteiger partial charge in [-0.2, -0.15) is 0 Å². The van der Waals surface area contributed by atoms with Crippen molar-refractivity contribution in [3.8, 4) is 0 Å². The van der Waals surface area contributed by atoms with Crippen LogP contribution in [0.5, 0.6) is 0 Å². The Morgan fingerprint density at radius 2 is 1.47 bits per heavy atom. The molecular formula is C8H8N6O. The van der Waals surface area contributed by atoms with E-state index in [1.165, 1.54) is 27.8 Å². The van der Waals surface area contributed by atoms with Crippen molar-refractivity contribution in [1.29, 1.82) is 10.8 Å². The second-order valence-electron chi connectivity index (χ2n) is 2.35. The van der Waals surface area contributed by atoms with Crippen LogP contribution in [0.2, 0.25) is 0 Å². The Balaban J connectivity index is 0.000000337. The van der Waals surface area contributed by atoms with Crippen molar-refractivity contribution in [3.05, 3.63) is 37.4 Å². The maximum absolute atomic E-state index is 11.4. The Hall–Kier alpha value is -2.53. The van der Waals surface area contributed by atoms with Gasteiger partial charge in [-0.3, -0.25) is 9.13 Å². The van der Waals surface area contributed by atoms with Crippen LogP contribution in [0.15, 0.2) is 37.4 Å². The van der Waals surface area contributed by atoms with Gasteiger partial charge in [0.15, 0.2) is 0 Å². The van der Waals surface area contributed by atoms with Crippen LogP contribution in [-0.4, -0.2) is 31.1 Å². The van der Waals surface area contributed by atoms with Crippen LogP contribution in [0.3, 0.4) is 0 Å². The summed E-state index contributed by atoms with van der Waals surface area (Å²) in [6.45, 7) is 0. The van der Waals surface area contributed by atoms with Gasteiger partial charge < -0.3 is 0 Å². The SMILES string of the molecule is N=C=N.O=C(n1ccnc1)n1ccnc1. The molecule has 0 spiro atoms. The summed E-state index contributed by atoms with van der Waals surface area (Å²) in [5.41, 5.74) is 0. The van der Waals surface area contributed by atoms with E-state index in [0.29, 0.717) is 0 Å².